The van der Waals surface area contributed by atoms with Crippen LogP contribution in [0.25, 0.3) is 0 Å². The number of unbranched alkanes of at least 4 members (excludes halogenated alkanes) is 1. The van der Waals surface area contributed by atoms with E-state index in [0.717, 1.165) is 44.9 Å². The Morgan fingerprint density at radius 1 is 1.22 bits per heavy atom. The van der Waals surface area contributed by atoms with E-state index in [-0.39, 0.29) is 17.8 Å². The highest BCUT2D eigenvalue weighted by atomic mass is 16.3. The summed E-state index contributed by atoms with van der Waals surface area (Å²) in [5.74, 6) is 0.797. The maximum atomic E-state index is 10.9. The van der Waals surface area contributed by atoms with Gasteiger partial charge in [-0.2, -0.15) is 0 Å². The van der Waals surface area contributed by atoms with Crippen molar-refractivity contribution in [3.05, 3.63) is 60.2 Å². The van der Waals surface area contributed by atoms with Crippen LogP contribution in [0, 0.1) is 11.8 Å². The third kappa shape index (κ3) is 8.23. The number of Topliss-reactive ketones (excluding diaryl/α,β-unsaturated/α-hetero) is 1. The van der Waals surface area contributed by atoms with E-state index in [9.17, 15) is 15.0 Å². The molecule has 1 fully saturated rings. The van der Waals surface area contributed by atoms with E-state index in [2.05, 4.69) is 30.4 Å². The van der Waals surface area contributed by atoms with Crippen LogP contribution in [0.2, 0.25) is 0 Å². The van der Waals surface area contributed by atoms with Gasteiger partial charge in [0.1, 0.15) is 5.78 Å². The quantitative estimate of drug-likeness (QED) is 0.441. The van der Waals surface area contributed by atoms with Gasteiger partial charge in [0.15, 0.2) is 0 Å². The van der Waals surface area contributed by atoms with Crippen molar-refractivity contribution in [2.24, 2.45) is 11.8 Å². The van der Waals surface area contributed by atoms with Crippen LogP contribution in [-0.4, -0.2) is 28.2 Å². The number of carbonyl (C=O) groups excluding carboxylic acids is 1. The molecule has 0 aromatic heterocycles. The standard InChI is InChI=1S/C24H34O3/c1-19(25)9-5-2-3-8-12-23-21(15-18-24(23)27)14-17-22(26)16-13-20-10-6-4-7-11-20/h3-4,6-8,10-11,14,17,21-24,26-27H,2,5,9,12-13,15-16,18H2,1H3/b8-3-,17-14+/t21-,22-,23+,24-/m0/s1. The van der Waals surface area contributed by atoms with E-state index in [1.165, 1.54) is 5.56 Å². The van der Waals surface area contributed by atoms with E-state index in [0.29, 0.717) is 12.3 Å². The molecule has 1 saturated carbocycles. The molecule has 3 nitrogen and oxygen atoms in total. The van der Waals surface area contributed by atoms with Crippen LogP contribution >= 0.6 is 0 Å². The summed E-state index contributed by atoms with van der Waals surface area (Å²) in [7, 11) is 0. The maximum Gasteiger partial charge on any atom is 0.129 e. The normalized spacial score (nSPS) is 24.0. The van der Waals surface area contributed by atoms with Crippen LogP contribution in [0.15, 0.2) is 54.6 Å². The van der Waals surface area contributed by atoms with Crippen molar-refractivity contribution in [3.8, 4) is 0 Å². The fourth-order valence-electron chi connectivity index (χ4n) is 3.81. The Kier molecular flexibility index (Phi) is 9.51. The Balaban J connectivity index is 1.75. The molecule has 27 heavy (non-hydrogen) atoms. The van der Waals surface area contributed by atoms with Gasteiger partial charge >= 0.3 is 0 Å². The number of aliphatic hydroxyl groups is 2. The summed E-state index contributed by atoms with van der Waals surface area (Å²) in [6, 6.07) is 10.2. The summed E-state index contributed by atoms with van der Waals surface area (Å²) in [4.78, 5) is 10.9. The van der Waals surface area contributed by atoms with Crippen molar-refractivity contribution < 1.29 is 15.0 Å². The number of aryl methyl sites for hydroxylation is 1. The third-order valence-electron chi connectivity index (χ3n) is 5.47. The molecule has 0 unspecified atom stereocenters. The van der Waals surface area contributed by atoms with Crippen LogP contribution in [0.4, 0.5) is 0 Å². The molecule has 0 amide bonds. The molecule has 2 N–H and O–H groups in total. The molecule has 1 aromatic carbocycles. The van der Waals surface area contributed by atoms with Crippen molar-refractivity contribution in [2.45, 2.75) is 70.5 Å². The topological polar surface area (TPSA) is 57.5 Å². The van der Waals surface area contributed by atoms with Crippen molar-refractivity contribution in [2.75, 3.05) is 0 Å². The number of aliphatic hydroxyl groups excluding tert-OH is 2. The van der Waals surface area contributed by atoms with Gasteiger partial charge in [-0.3, -0.25) is 0 Å². The molecule has 1 aromatic rings. The number of hydrogen-bond acceptors (Lipinski definition) is 3. The molecule has 1 aliphatic rings. The highest BCUT2D eigenvalue weighted by Crippen LogP contribution is 2.36. The third-order valence-corrected chi connectivity index (χ3v) is 5.47. The molecule has 3 heteroatoms. The van der Waals surface area contributed by atoms with Gasteiger partial charge in [-0.25, -0.2) is 0 Å². The van der Waals surface area contributed by atoms with Crippen molar-refractivity contribution in [3.63, 3.8) is 0 Å². The molecule has 1 aliphatic carbocycles. The minimum atomic E-state index is -0.439. The number of ketones is 1. The first-order chi connectivity index (χ1) is 13.1. The monoisotopic (exact) mass is 370 g/mol. The summed E-state index contributed by atoms with van der Waals surface area (Å²) in [6.07, 6.45) is 14.3. The van der Waals surface area contributed by atoms with E-state index < -0.39 is 6.10 Å². The zero-order valence-corrected chi connectivity index (χ0v) is 16.5. The van der Waals surface area contributed by atoms with Gasteiger partial charge in [0.05, 0.1) is 12.2 Å². The fraction of sp³-hybridized carbons (Fsp3) is 0.542. The summed E-state index contributed by atoms with van der Waals surface area (Å²) in [6.45, 7) is 1.63. The molecule has 0 bridgehead atoms. The van der Waals surface area contributed by atoms with E-state index in [1.807, 2.05) is 24.3 Å². The molecule has 0 heterocycles. The van der Waals surface area contributed by atoms with Gasteiger partial charge in [-0.1, -0.05) is 54.6 Å². The average Bonchev–Trinajstić information content (AvgIpc) is 3.01. The second-order valence-corrected chi connectivity index (χ2v) is 7.75. The largest absolute Gasteiger partial charge is 0.393 e. The second kappa shape index (κ2) is 11.9. The van der Waals surface area contributed by atoms with E-state index >= 15 is 0 Å². The van der Waals surface area contributed by atoms with Gasteiger partial charge < -0.3 is 15.0 Å². The van der Waals surface area contributed by atoms with Crippen LogP contribution in [-0.2, 0) is 11.2 Å². The summed E-state index contributed by atoms with van der Waals surface area (Å²) in [5, 5.41) is 20.5. The molecule has 0 spiro atoms. The lowest BCUT2D eigenvalue weighted by Crippen LogP contribution is -2.17. The van der Waals surface area contributed by atoms with Gasteiger partial charge in [0, 0.05) is 6.42 Å². The van der Waals surface area contributed by atoms with Crippen LogP contribution in [0.3, 0.4) is 0 Å². The zero-order chi connectivity index (χ0) is 19.5. The van der Waals surface area contributed by atoms with E-state index in [1.54, 1.807) is 6.92 Å². The number of benzene rings is 1. The molecule has 4 atom stereocenters. The SMILES string of the molecule is CC(=O)CCC/C=C\C[C@H]1[C@@H](O)CC[C@@H]1/C=C/[C@@H](O)CCc1ccccc1. The van der Waals surface area contributed by atoms with Crippen molar-refractivity contribution in [1.82, 2.24) is 0 Å². The number of carbonyl (C=O) groups is 1. The summed E-state index contributed by atoms with van der Waals surface area (Å²) >= 11 is 0. The number of rotatable bonds is 11. The Morgan fingerprint density at radius 2 is 2.00 bits per heavy atom. The second-order valence-electron chi connectivity index (χ2n) is 7.75. The molecule has 0 radical (unpaired) electrons. The smallest absolute Gasteiger partial charge is 0.129 e. The Morgan fingerprint density at radius 3 is 2.74 bits per heavy atom. The average molecular weight is 371 g/mol. The van der Waals surface area contributed by atoms with Gasteiger partial charge in [0.2, 0.25) is 0 Å². The van der Waals surface area contributed by atoms with Gasteiger partial charge in [0.25, 0.3) is 0 Å². The fourth-order valence-corrected chi connectivity index (χ4v) is 3.81. The van der Waals surface area contributed by atoms with Crippen LogP contribution in [0.1, 0.15) is 57.4 Å². The van der Waals surface area contributed by atoms with E-state index in [4.69, 9.17) is 0 Å². The van der Waals surface area contributed by atoms with Crippen molar-refractivity contribution in [1.29, 1.82) is 0 Å². The summed E-state index contributed by atoms with van der Waals surface area (Å²) < 4.78 is 0. The molecule has 2 rings (SSSR count). The minimum Gasteiger partial charge on any atom is -0.393 e. The Labute approximate surface area is 163 Å². The molecule has 0 saturated heterocycles. The van der Waals surface area contributed by atoms with Crippen LogP contribution in [0.5, 0.6) is 0 Å². The van der Waals surface area contributed by atoms with Gasteiger partial charge in [-0.15, -0.1) is 0 Å². The lowest BCUT2D eigenvalue weighted by Gasteiger charge is -2.18. The molecule has 148 valence electrons. The first-order valence-electron chi connectivity index (χ1n) is 10.3. The number of allylic oxidation sites excluding steroid dienone is 3. The number of hydrogen-bond donors (Lipinski definition) is 2. The summed E-state index contributed by atoms with van der Waals surface area (Å²) in [5.41, 5.74) is 1.24. The first kappa shape index (κ1) is 21.6. The predicted octanol–water partition coefficient (Wildman–Crippen LogP) is 4.63. The predicted molar refractivity (Wildman–Crippen MR) is 110 cm³/mol. The Bertz CT molecular complexity index is 605. The molecule has 0 aliphatic heterocycles. The minimum absolute atomic E-state index is 0.228. The highest BCUT2D eigenvalue weighted by Gasteiger charge is 2.32. The first-order valence-corrected chi connectivity index (χ1v) is 10.3. The maximum absolute atomic E-state index is 10.9. The van der Waals surface area contributed by atoms with Gasteiger partial charge in [-0.05, 0) is 69.3 Å². The molecular formula is C24H34O3. The van der Waals surface area contributed by atoms with Crippen molar-refractivity contribution >= 4 is 5.78 Å². The van der Waals surface area contributed by atoms with Crippen LogP contribution < -0.4 is 0 Å². The Hall–Kier alpha value is -1.71. The lowest BCUT2D eigenvalue weighted by atomic mass is 9.90. The zero-order valence-electron chi connectivity index (χ0n) is 16.5. The lowest BCUT2D eigenvalue weighted by molar-refractivity contribution is -0.117. The molecular weight excluding hydrogens is 336 g/mol. The highest BCUT2D eigenvalue weighted by molar-refractivity contribution is 5.75.